The van der Waals surface area contributed by atoms with Crippen molar-refractivity contribution in [3.05, 3.63) is 99.8 Å². The van der Waals surface area contributed by atoms with Crippen LogP contribution < -0.4 is 5.56 Å². The number of aryl methyl sites for hydroxylation is 2. The summed E-state index contributed by atoms with van der Waals surface area (Å²) in [6.45, 7) is 3.93. The number of pyridine rings is 1. The zero-order chi connectivity index (χ0) is 19.7. The number of benzene rings is 3. The predicted molar refractivity (Wildman–Crippen MR) is 114 cm³/mol. The average molecular weight is 368 g/mol. The summed E-state index contributed by atoms with van der Waals surface area (Å²) >= 11 is 0. The van der Waals surface area contributed by atoms with Crippen LogP contribution in [0, 0.1) is 13.8 Å². The van der Waals surface area contributed by atoms with E-state index in [1.807, 2.05) is 80.6 Å². The third-order valence-corrected chi connectivity index (χ3v) is 4.84. The smallest absolute Gasteiger partial charge is 0.265 e. The number of para-hydroxylation sites is 1. The van der Waals surface area contributed by atoms with Gasteiger partial charge in [-0.15, -0.1) is 0 Å². The maximum atomic E-state index is 13.1. The largest absolute Gasteiger partial charge is 0.494 e. The molecule has 0 aliphatic rings. The standard InChI is InChI=1S/C24H20N2O2/c1-16-11-13-18(14-12-16)25-15-21-19-8-4-5-9-20(19)23(27)26(24(21)28)22-10-6-3-7-17(22)2/h3-15,28H,1-2H3. The molecular weight excluding hydrogens is 348 g/mol. The molecular formula is C24H20N2O2. The summed E-state index contributed by atoms with van der Waals surface area (Å²) in [7, 11) is 0. The normalized spacial score (nSPS) is 11.4. The molecule has 4 nitrogen and oxygen atoms in total. The maximum Gasteiger partial charge on any atom is 0.265 e. The van der Waals surface area contributed by atoms with Crippen molar-refractivity contribution in [3.63, 3.8) is 0 Å². The summed E-state index contributed by atoms with van der Waals surface area (Å²) in [5, 5.41) is 12.2. The van der Waals surface area contributed by atoms with Gasteiger partial charge in [0.15, 0.2) is 0 Å². The van der Waals surface area contributed by atoms with Crippen LogP contribution in [0.3, 0.4) is 0 Å². The minimum Gasteiger partial charge on any atom is -0.494 e. The van der Waals surface area contributed by atoms with Crippen LogP contribution in [0.4, 0.5) is 5.69 Å². The van der Waals surface area contributed by atoms with Crippen molar-refractivity contribution < 1.29 is 5.11 Å². The Morgan fingerprint density at radius 2 is 1.50 bits per heavy atom. The molecule has 0 saturated heterocycles. The van der Waals surface area contributed by atoms with E-state index in [0.717, 1.165) is 16.8 Å². The molecule has 0 radical (unpaired) electrons. The van der Waals surface area contributed by atoms with Gasteiger partial charge in [-0.2, -0.15) is 0 Å². The number of fused-ring (bicyclic) bond motifs is 1. The van der Waals surface area contributed by atoms with Crippen LogP contribution in [0.25, 0.3) is 16.5 Å². The lowest BCUT2D eigenvalue weighted by atomic mass is 10.1. The summed E-state index contributed by atoms with van der Waals surface area (Å²) in [6, 6.07) is 22.6. The summed E-state index contributed by atoms with van der Waals surface area (Å²) < 4.78 is 1.36. The Labute approximate surface area is 163 Å². The second kappa shape index (κ2) is 7.16. The first kappa shape index (κ1) is 17.7. The van der Waals surface area contributed by atoms with Crippen LogP contribution >= 0.6 is 0 Å². The number of rotatable bonds is 3. The number of hydrogen-bond donors (Lipinski definition) is 1. The molecule has 138 valence electrons. The van der Waals surface area contributed by atoms with Crippen molar-refractivity contribution in [2.45, 2.75) is 13.8 Å². The van der Waals surface area contributed by atoms with E-state index in [9.17, 15) is 9.90 Å². The first-order valence-corrected chi connectivity index (χ1v) is 9.10. The molecule has 0 saturated carbocycles. The molecule has 0 bridgehead atoms. The zero-order valence-electron chi connectivity index (χ0n) is 15.8. The summed E-state index contributed by atoms with van der Waals surface area (Å²) in [5.74, 6) is -0.117. The first-order valence-electron chi connectivity index (χ1n) is 9.10. The van der Waals surface area contributed by atoms with Crippen molar-refractivity contribution in [1.82, 2.24) is 4.57 Å². The van der Waals surface area contributed by atoms with Gasteiger partial charge < -0.3 is 5.11 Å². The maximum absolute atomic E-state index is 13.1. The molecule has 4 rings (SSSR count). The van der Waals surface area contributed by atoms with Crippen LogP contribution in [0.5, 0.6) is 5.88 Å². The predicted octanol–water partition coefficient (Wildman–Crippen LogP) is 5.06. The highest BCUT2D eigenvalue weighted by Gasteiger charge is 2.17. The molecule has 4 heteroatoms. The minimum atomic E-state index is -0.255. The molecule has 4 aromatic rings. The molecule has 0 amide bonds. The van der Waals surface area contributed by atoms with E-state index in [4.69, 9.17) is 0 Å². The fourth-order valence-corrected chi connectivity index (χ4v) is 3.30. The number of nitrogens with zero attached hydrogens (tertiary/aromatic N) is 2. The molecule has 0 fully saturated rings. The summed E-state index contributed by atoms with van der Waals surface area (Å²) in [5.41, 5.74) is 3.74. The fraction of sp³-hybridized carbons (Fsp3) is 0.0833. The van der Waals surface area contributed by atoms with E-state index in [-0.39, 0.29) is 11.4 Å². The van der Waals surface area contributed by atoms with E-state index < -0.39 is 0 Å². The van der Waals surface area contributed by atoms with Gasteiger partial charge in [0.1, 0.15) is 0 Å². The lowest BCUT2D eigenvalue weighted by molar-refractivity contribution is 0.436. The highest BCUT2D eigenvalue weighted by atomic mass is 16.3. The molecule has 28 heavy (non-hydrogen) atoms. The monoisotopic (exact) mass is 368 g/mol. The number of aromatic nitrogens is 1. The Kier molecular flexibility index (Phi) is 4.53. The average Bonchev–Trinajstić information content (AvgIpc) is 2.71. The molecule has 1 N–H and O–H groups in total. The Balaban J connectivity index is 1.99. The van der Waals surface area contributed by atoms with Gasteiger partial charge in [-0.3, -0.25) is 9.79 Å². The highest BCUT2D eigenvalue weighted by molar-refractivity contribution is 6.02. The van der Waals surface area contributed by atoms with Crippen molar-refractivity contribution in [2.24, 2.45) is 4.99 Å². The van der Waals surface area contributed by atoms with Crippen LogP contribution in [-0.4, -0.2) is 15.9 Å². The molecule has 3 aromatic carbocycles. The molecule has 1 aromatic heterocycles. The van der Waals surface area contributed by atoms with Crippen molar-refractivity contribution in [3.8, 4) is 11.6 Å². The zero-order valence-corrected chi connectivity index (χ0v) is 15.8. The van der Waals surface area contributed by atoms with Gasteiger partial charge in [-0.05, 0) is 43.7 Å². The molecule has 1 heterocycles. The van der Waals surface area contributed by atoms with Crippen LogP contribution in [0.1, 0.15) is 16.7 Å². The minimum absolute atomic E-state index is 0.117. The SMILES string of the molecule is Cc1ccc(N=Cc2c(O)n(-c3ccccc3C)c(=O)c3ccccc23)cc1. The lowest BCUT2D eigenvalue weighted by Gasteiger charge is -2.15. The Morgan fingerprint density at radius 3 is 2.21 bits per heavy atom. The third-order valence-electron chi connectivity index (χ3n) is 4.84. The van der Waals surface area contributed by atoms with E-state index in [0.29, 0.717) is 22.0 Å². The van der Waals surface area contributed by atoms with Gasteiger partial charge in [-0.25, -0.2) is 4.57 Å². The molecule has 0 spiro atoms. The van der Waals surface area contributed by atoms with Gasteiger partial charge in [0.25, 0.3) is 5.56 Å². The van der Waals surface area contributed by atoms with Crippen molar-refractivity contribution >= 4 is 22.7 Å². The second-order valence-electron chi connectivity index (χ2n) is 6.80. The van der Waals surface area contributed by atoms with Crippen LogP contribution in [0.15, 0.2) is 82.6 Å². The first-order chi connectivity index (χ1) is 13.6. The number of aromatic hydroxyl groups is 1. The van der Waals surface area contributed by atoms with Crippen LogP contribution in [-0.2, 0) is 0 Å². The summed E-state index contributed by atoms with van der Waals surface area (Å²) in [4.78, 5) is 17.6. The Bertz CT molecular complexity index is 1250. The summed E-state index contributed by atoms with van der Waals surface area (Å²) in [6.07, 6.45) is 1.62. The van der Waals surface area contributed by atoms with Gasteiger partial charge in [0.2, 0.25) is 5.88 Å². The van der Waals surface area contributed by atoms with E-state index in [1.165, 1.54) is 4.57 Å². The van der Waals surface area contributed by atoms with Crippen molar-refractivity contribution in [2.75, 3.05) is 0 Å². The van der Waals surface area contributed by atoms with Gasteiger partial charge >= 0.3 is 0 Å². The molecule has 0 aliphatic carbocycles. The van der Waals surface area contributed by atoms with Gasteiger partial charge in [0, 0.05) is 17.0 Å². The Hall–Kier alpha value is -3.66. The topological polar surface area (TPSA) is 54.6 Å². The molecule has 0 atom stereocenters. The number of hydrogen-bond acceptors (Lipinski definition) is 3. The van der Waals surface area contributed by atoms with E-state index in [2.05, 4.69) is 4.99 Å². The van der Waals surface area contributed by atoms with Crippen LogP contribution in [0.2, 0.25) is 0 Å². The molecule has 0 unspecified atom stereocenters. The fourth-order valence-electron chi connectivity index (χ4n) is 3.30. The Morgan fingerprint density at radius 1 is 0.857 bits per heavy atom. The number of aliphatic imine (C=N–C) groups is 1. The van der Waals surface area contributed by atoms with E-state index >= 15 is 0 Å². The van der Waals surface area contributed by atoms with Gasteiger partial charge in [-0.1, -0.05) is 54.1 Å². The highest BCUT2D eigenvalue weighted by Crippen LogP contribution is 2.27. The lowest BCUT2D eigenvalue weighted by Crippen LogP contribution is -2.20. The van der Waals surface area contributed by atoms with Gasteiger partial charge in [0.05, 0.1) is 16.9 Å². The quantitative estimate of drug-likeness (QED) is 0.514. The van der Waals surface area contributed by atoms with Crippen molar-refractivity contribution in [1.29, 1.82) is 0 Å². The third kappa shape index (κ3) is 3.09. The second-order valence-corrected chi connectivity index (χ2v) is 6.80. The van der Waals surface area contributed by atoms with E-state index in [1.54, 1.807) is 12.3 Å². The molecule has 0 aliphatic heterocycles.